The van der Waals surface area contributed by atoms with E-state index < -0.39 is 10.0 Å². The largest absolute Gasteiger partial charge is 0.315 e. The fourth-order valence-corrected chi connectivity index (χ4v) is 4.11. The minimum absolute atomic E-state index is 0.0207. The van der Waals surface area contributed by atoms with Gasteiger partial charge in [-0.15, -0.1) is 10.2 Å². The van der Waals surface area contributed by atoms with Crippen molar-refractivity contribution in [3.05, 3.63) is 28.9 Å². The highest BCUT2D eigenvalue weighted by Gasteiger charge is 2.31. The van der Waals surface area contributed by atoms with Crippen LogP contribution in [-0.4, -0.2) is 39.0 Å². The molecule has 0 spiro atoms. The molecule has 112 valence electrons. The molecule has 0 aromatic carbocycles. The molecule has 0 aliphatic carbocycles. The zero-order valence-electron chi connectivity index (χ0n) is 10.8. The third-order valence-corrected chi connectivity index (χ3v) is 5.47. The van der Waals surface area contributed by atoms with Gasteiger partial charge in [0.1, 0.15) is 17.0 Å². The Morgan fingerprint density at radius 3 is 2.95 bits per heavy atom. The molecule has 1 aliphatic rings. The molecule has 0 bridgehead atoms. The topological polar surface area (TPSA) is 119 Å². The normalized spacial score (nSPS) is 15.7. The summed E-state index contributed by atoms with van der Waals surface area (Å²) in [7, 11) is -3.73. The van der Waals surface area contributed by atoms with Crippen molar-refractivity contribution in [2.45, 2.75) is 18.0 Å². The molecule has 0 radical (unpaired) electrons. The number of pyridine rings is 1. The van der Waals surface area contributed by atoms with E-state index in [0.29, 0.717) is 23.4 Å². The number of fused-ring (bicyclic) bond motifs is 1. The second kappa shape index (κ2) is 5.33. The van der Waals surface area contributed by atoms with Crippen LogP contribution in [0.25, 0.3) is 0 Å². The van der Waals surface area contributed by atoms with Crippen molar-refractivity contribution in [3.63, 3.8) is 0 Å². The first-order valence-corrected chi connectivity index (χ1v) is 8.24. The first kappa shape index (κ1) is 14.4. The Balaban J connectivity index is 2.00. The van der Waals surface area contributed by atoms with Crippen LogP contribution >= 0.6 is 15.9 Å². The van der Waals surface area contributed by atoms with Crippen LogP contribution in [0.3, 0.4) is 0 Å². The summed E-state index contributed by atoms with van der Waals surface area (Å²) in [6.45, 7) is 1.01. The molecule has 2 aromatic heterocycles. The molecule has 2 aromatic rings. The van der Waals surface area contributed by atoms with Gasteiger partial charge in [-0.1, -0.05) is 0 Å². The van der Waals surface area contributed by atoms with Gasteiger partial charge in [-0.05, 0) is 22.0 Å². The Morgan fingerprint density at radius 1 is 1.38 bits per heavy atom. The van der Waals surface area contributed by atoms with Gasteiger partial charge in [0.05, 0.1) is 6.54 Å². The fourth-order valence-electron chi connectivity index (χ4n) is 2.11. The maximum absolute atomic E-state index is 12.8. The average Bonchev–Trinajstić information content (AvgIpc) is 2.94. The number of halogens is 1. The maximum Gasteiger partial charge on any atom is 0.247 e. The molecule has 1 aliphatic heterocycles. The molecule has 0 amide bonds. The number of aromatic nitrogens is 4. The van der Waals surface area contributed by atoms with Gasteiger partial charge in [-0.3, -0.25) is 0 Å². The molecule has 21 heavy (non-hydrogen) atoms. The third kappa shape index (κ3) is 2.52. The number of hydrogen-bond acceptors (Lipinski definition) is 7. The lowest BCUT2D eigenvalue weighted by molar-refractivity contribution is 0.335. The van der Waals surface area contributed by atoms with Crippen LogP contribution in [-0.2, 0) is 23.1 Å². The molecular formula is C10H12BrN7O2S. The standard InChI is InChI=1S/C10H12BrN7O2S/c11-7-3-8(10(15-12)13-4-7)21(19,20)18-2-1-17-6-14-16-9(17)5-18/h3-4,6H,1-2,5,12H2,(H,13,15). The summed E-state index contributed by atoms with van der Waals surface area (Å²) < 4.78 is 29.2. The molecule has 0 saturated heterocycles. The van der Waals surface area contributed by atoms with Crippen LogP contribution < -0.4 is 11.3 Å². The molecule has 0 saturated carbocycles. The van der Waals surface area contributed by atoms with Gasteiger partial charge in [0, 0.05) is 23.8 Å². The number of hydrazine groups is 1. The number of sulfonamides is 1. The van der Waals surface area contributed by atoms with Crippen molar-refractivity contribution in [1.82, 2.24) is 24.1 Å². The molecule has 3 N–H and O–H groups in total. The van der Waals surface area contributed by atoms with Gasteiger partial charge in [0.2, 0.25) is 10.0 Å². The number of nitrogens with zero attached hydrogens (tertiary/aromatic N) is 5. The second-order valence-electron chi connectivity index (χ2n) is 4.42. The highest BCUT2D eigenvalue weighted by Crippen LogP contribution is 2.27. The zero-order chi connectivity index (χ0) is 15.0. The Hall–Kier alpha value is -1.56. The lowest BCUT2D eigenvalue weighted by Crippen LogP contribution is -2.38. The average molecular weight is 374 g/mol. The van der Waals surface area contributed by atoms with Crippen LogP contribution in [0.4, 0.5) is 5.82 Å². The van der Waals surface area contributed by atoms with E-state index in [1.807, 2.05) is 4.57 Å². The second-order valence-corrected chi connectivity index (χ2v) is 7.25. The fraction of sp³-hybridized carbons (Fsp3) is 0.300. The van der Waals surface area contributed by atoms with Crippen molar-refractivity contribution >= 4 is 31.8 Å². The van der Waals surface area contributed by atoms with Crippen molar-refractivity contribution in [2.24, 2.45) is 5.84 Å². The van der Waals surface area contributed by atoms with E-state index in [1.165, 1.54) is 16.6 Å². The van der Waals surface area contributed by atoms with E-state index >= 15 is 0 Å². The molecule has 11 heteroatoms. The maximum atomic E-state index is 12.8. The molecule has 3 heterocycles. The predicted molar refractivity (Wildman–Crippen MR) is 77.4 cm³/mol. The van der Waals surface area contributed by atoms with Gasteiger partial charge < -0.3 is 9.99 Å². The summed E-state index contributed by atoms with van der Waals surface area (Å²) >= 11 is 3.22. The van der Waals surface area contributed by atoms with Gasteiger partial charge >= 0.3 is 0 Å². The molecule has 0 unspecified atom stereocenters. The quantitative estimate of drug-likeness (QED) is 0.570. The highest BCUT2D eigenvalue weighted by molar-refractivity contribution is 9.10. The van der Waals surface area contributed by atoms with Gasteiger partial charge in [-0.2, -0.15) is 4.31 Å². The molecule has 0 fully saturated rings. The summed E-state index contributed by atoms with van der Waals surface area (Å²) in [4.78, 5) is 3.99. The molecular weight excluding hydrogens is 362 g/mol. The predicted octanol–water partition coefficient (Wildman–Crippen LogP) is -0.0743. The zero-order valence-corrected chi connectivity index (χ0v) is 13.2. The van der Waals surface area contributed by atoms with E-state index in [2.05, 4.69) is 36.5 Å². The van der Waals surface area contributed by atoms with Crippen LogP contribution in [0.5, 0.6) is 0 Å². The monoisotopic (exact) mass is 373 g/mol. The van der Waals surface area contributed by atoms with Crippen LogP contribution in [0.1, 0.15) is 5.82 Å². The van der Waals surface area contributed by atoms with Crippen LogP contribution in [0.15, 0.2) is 28.0 Å². The lowest BCUT2D eigenvalue weighted by Gasteiger charge is -2.26. The number of hydrogen-bond donors (Lipinski definition) is 2. The van der Waals surface area contributed by atoms with Gasteiger partial charge in [-0.25, -0.2) is 19.2 Å². The Kier molecular flexibility index (Phi) is 3.65. The first-order valence-electron chi connectivity index (χ1n) is 6.01. The van der Waals surface area contributed by atoms with E-state index in [4.69, 9.17) is 5.84 Å². The van der Waals surface area contributed by atoms with Crippen molar-refractivity contribution in [3.8, 4) is 0 Å². The molecule has 9 nitrogen and oxygen atoms in total. The summed E-state index contributed by atoms with van der Waals surface area (Å²) in [5.41, 5.74) is 2.31. The highest BCUT2D eigenvalue weighted by atomic mass is 79.9. The Bertz CT molecular complexity index is 775. The smallest absolute Gasteiger partial charge is 0.247 e. The van der Waals surface area contributed by atoms with Crippen molar-refractivity contribution in [1.29, 1.82) is 0 Å². The number of nitrogen functional groups attached to an aromatic ring is 1. The molecule has 3 rings (SSSR count). The Labute approximate surface area is 129 Å². The number of anilines is 1. The minimum Gasteiger partial charge on any atom is -0.315 e. The summed E-state index contributed by atoms with van der Waals surface area (Å²) in [6, 6.07) is 1.47. The summed E-state index contributed by atoms with van der Waals surface area (Å²) in [5, 5.41) is 7.70. The lowest BCUT2D eigenvalue weighted by atomic mass is 10.4. The van der Waals surface area contributed by atoms with Crippen molar-refractivity contribution < 1.29 is 8.42 Å². The number of nitrogens with one attached hydrogen (secondary N) is 1. The van der Waals surface area contributed by atoms with Crippen LogP contribution in [0.2, 0.25) is 0 Å². The number of nitrogens with two attached hydrogens (primary N) is 1. The first-order chi connectivity index (χ1) is 10.0. The van der Waals surface area contributed by atoms with E-state index in [9.17, 15) is 8.42 Å². The number of rotatable bonds is 3. The van der Waals surface area contributed by atoms with Crippen molar-refractivity contribution in [2.75, 3.05) is 12.0 Å². The third-order valence-electron chi connectivity index (χ3n) is 3.18. The summed E-state index contributed by atoms with van der Waals surface area (Å²) in [5.74, 6) is 6.06. The van der Waals surface area contributed by atoms with E-state index in [-0.39, 0.29) is 17.3 Å². The van der Waals surface area contributed by atoms with E-state index in [1.54, 1.807) is 6.33 Å². The summed E-state index contributed by atoms with van der Waals surface area (Å²) in [6.07, 6.45) is 3.06. The van der Waals surface area contributed by atoms with Crippen LogP contribution in [0, 0.1) is 0 Å². The Morgan fingerprint density at radius 2 is 2.19 bits per heavy atom. The van der Waals surface area contributed by atoms with Gasteiger partial charge in [0.25, 0.3) is 0 Å². The minimum atomic E-state index is -3.73. The SMILES string of the molecule is NNc1ncc(Br)cc1S(=O)(=O)N1CCn2cnnc2C1. The van der Waals surface area contributed by atoms with Gasteiger partial charge in [0.15, 0.2) is 5.82 Å². The van der Waals surface area contributed by atoms with E-state index in [0.717, 1.165) is 0 Å². The molecule has 0 atom stereocenters.